The maximum atomic E-state index is 5.99. The topological polar surface area (TPSA) is 12.0 Å². The quantitative estimate of drug-likeness (QED) is 0.723. The first-order chi connectivity index (χ1) is 6.25. The molecule has 0 saturated heterocycles. The number of nitrogens with one attached hydrogen (secondary N) is 1. The maximum absolute atomic E-state index is 5.99. The Balaban J connectivity index is 2.61. The van der Waals surface area contributed by atoms with Gasteiger partial charge in [0, 0.05) is 17.3 Å². The lowest BCUT2D eigenvalue weighted by Gasteiger charge is -2.09. The van der Waals surface area contributed by atoms with Crippen LogP contribution in [0.3, 0.4) is 0 Å². The zero-order chi connectivity index (χ0) is 9.68. The molecule has 2 heteroatoms. The van der Waals surface area contributed by atoms with Gasteiger partial charge in [0.25, 0.3) is 0 Å². The number of anilines is 1. The van der Waals surface area contributed by atoms with Crippen molar-refractivity contribution in [1.82, 2.24) is 0 Å². The van der Waals surface area contributed by atoms with Crippen molar-refractivity contribution in [1.29, 1.82) is 0 Å². The average Bonchev–Trinajstić information content (AvgIpc) is 2.13. The lowest BCUT2D eigenvalue weighted by atomic mass is 10.2. The van der Waals surface area contributed by atoms with E-state index in [1.807, 2.05) is 19.1 Å². The van der Waals surface area contributed by atoms with Gasteiger partial charge in [-0.3, -0.25) is 0 Å². The average molecular weight is 198 g/mol. The van der Waals surface area contributed by atoms with Crippen LogP contribution in [0.1, 0.15) is 25.3 Å². The summed E-state index contributed by atoms with van der Waals surface area (Å²) >= 11 is 5.99. The Morgan fingerprint density at radius 3 is 2.85 bits per heavy atom. The lowest BCUT2D eigenvalue weighted by molar-refractivity contribution is 0.833. The van der Waals surface area contributed by atoms with Crippen molar-refractivity contribution in [3.63, 3.8) is 0 Å². The van der Waals surface area contributed by atoms with Gasteiger partial charge in [-0.2, -0.15) is 0 Å². The van der Waals surface area contributed by atoms with Crippen LogP contribution >= 0.6 is 11.6 Å². The molecule has 0 unspecified atom stereocenters. The Kier molecular flexibility index (Phi) is 4.10. The van der Waals surface area contributed by atoms with Crippen LogP contribution in [-0.4, -0.2) is 6.54 Å². The van der Waals surface area contributed by atoms with E-state index in [0.717, 1.165) is 22.8 Å². The molecule has 1 nitrogen and oxygen atoms in total. The third-order valence-electron chi connectivity index (χ3n) is 2.11. The molecule has 0 saturated carbocycles. The van der Waals surface area contributed by atoms with Crippen molar-refractivity contribution in [2.24, 2.45) is 0 Å². The largest absolute Gasteiger partial charge is 0.385 e. The molecular weight excluding hydrogens is 182 g/mol. The minimum Gasteiger partial charge on any atom is -0.385 e. The van der Waals surface area contributed by atoms with Gasteiger partial charge in [-0.15, -0.1) is 0 Å². The summed E-state index contributed by atoms with van der Waals surface area (Å²) in [5.74, 6) is 0. The molecule has 0 aliphatic heterocycles. The molecule has 0 aliphatic carbocycles. The fourth-order valence-corrected chi connectivity index (χ4v) is 1.37. The fraction of sp³-hybridized carbons (Fsp3) is 0.455. The van der Waals surface area contributed by atoms with Crippen LogP contribution in [0.15, 0.2) is 18.2 Å². The SMILES string of the molecule is CCCCNc1cccc(Cl)c1C. The summed E-state index contributed by atoms with van der Waals surface area (Å²) in [6.45, 7) is 5.25. The molecule has 0 spiro atoms. The summed E-state index contributed by atoms with van der Waals surface area (Å²) in [6, 6.07) is 5.96. The third-order valence-corrected chi connectivity index (χ3v) is 2.52. The van der Waals surface area contributed by atoms with E-state index in [1.165, 1.54) is 12.8 Å². The van der Waals surface area contributed by atoms with Crippen LogP contribution in [0.2, 0.25) is 5.02 Å². The van der Waals surface area contributed by atoms with Crippen molar-refractivity contribution in [2.45, 2.75) is 26.7 Å². The van der Waals surface area contributed by atoms with Crippen LogP contribution in [0.4, 0.5) is 5.69 Å². The van der Waals surface area contributed by atoms with E-state index in [9.17, 15) is 0 Å². The Morgan fingerprint density at radius 1 is 1.38 bits per heavy atom. The second-order valence-corrected chi connectivity index (χ2v) is 3.60. The lowest BCUT2D eigenvalue weighted by Crippen LogP contribution is -2.02. The molecule has 1 N–H and O–H groups in total. The van der Waals surface area contributed by atoms with Gasteiger partial charge < -0.3 is 5.32 Å². The maximum Gasteiger partial charge on any atom is 0.0455 e. The summed E-state index contributed by atoms with van der Waals surface area (Å²) < 4.78 is 0. The van der Waals surface area contributed by atoms with Crippen molar-refractivity contribution in [3.05, 3.63) is 28.8 Å². The van der Waals surface area contributed by atoms with E-state index >= 15 is 0 Å². The molecule has 0 fully saturated rings. The highest BCUT2D eigenvalue weighted by atomic mass is 35.5. The molecule has 1 rings (SSSR count). The molecule has 0 bridgehead atoms. The molecule has 0 radical (unpaired) electrons. The van der Waals surface area contributed by atoms with Crippen molar-refractivity contribution >= 4 is 17.3 Å². The molecule has 0 aliphatic rings. The summed E-state index contributed by atoms with van der Waals surface area (Å²) in [4.78, 5) is 0. The highest BCUT2D eigenvalue weighted by Gasteiger charge is 1.99. The Hall–Kier alpha value is -0.690. The van der Waals surface area contributed by atoms with Crippen molar-refractivity contribution in [3.8, 4) is 0 Å². The minimum absolute atomic E-state index is 0.835. The molecule has 13 heavy (non-hydrogen) atoms. The summed E-state index contributed by atoms with van der Waals surface area (Å²) in [5, 5.41) is 4.20. The van der Waals surface area contributed by atoms with Gasteiger partial charge in [-0.25, -0.2) is 0 Å². The van der Waals surface area contributed by atoms with Crippen LogP contribution in [0, 0.1) is 6.92 Å². The van der Waals surface area contributed by atoms with Gasteiger partial charge in [0.15, 0.2) is 0 Å². The van der Waals surface area contributed by atoms with Crippen LogP contribution in [-0.2, 0) is 0 Å². The molecule has 1 aromatic rings. The smallest absolute Gasteiger partial charge is 0.0455 e. The summed E-state index contributed by atoms with van der Waals surface area (Å²) in [6.07, 6.45) is 2.42. The molecule has 1 aromatic carbocycles. The molecule has 0 atom stereocenters. The Morgan fingerprint density at radius 2 is 2.15 bits per heavy atom. The van der Waals surface area contributed by atoms with E-state index < -0.39 is 0 Å². The van der Waals surface area contributed by atoms with Crippen LogP contribution < -0.4 is 5.32 Å². The summed E-state index contributed by atoms with van der Waals surface area (Å²) in [5.41, 5.74) is 2.29. The van der Waals surface area contributed by atoms with E-state index in [-0.39, 0.29) is 0 Å². The second kappa shape index (κ2) is 5.13. The van der Waals surface area contributed by atoms with Gasteiger partial charge in [0.2, 0.25) is 0 Å². The number of rotatable bonds is 4. The zero-order valence-electron chi connectivity index (χ0n) is 8.23. The highest BCUT2D eigenvalue weighted by Crippen LogP contribution is 2.22. The van der Waals surface area contributed by atoms with Crippen molar-refractivity contribution in [2.75, 3.05) is 11.9 Å². The third kappa shape index (κ3) is 2.92. The number of hydrogen-bond acceptors (Lipinski definition) is 1. The van der Waals surface area contributed by atoms with Crippen LogP contribution in [0.25, 0.3) is 0 Å². The van der Waals surface area contributed by atoms with E-state index in [4.69, 9.17) is 11.6 Å². The fourth-order valence-electron chi connectivity index (χ4n) is 1.20. The molecule has 0 aromatic heterocycles. The van der Waals surface area contributed by atoms with Gasteiger partial charge in [-0.1, -0.05) is 31.0 Å². The second-order valence-electron chi connectivity index (χ2n) is 3.19. The van der Waals surface area contributed by atoms with Crippen molar-refractivity contribution < 1.29 is 0 Å². The number of benzene rings is 1. The minimum atomic E-state index is 0.835. The first kappa shape index (κ1) is 10.4. The van der Waals surface area contributed by atoms with Crippen LogP contribution in [0.5, 0.6) is 0 Å². The highest BCUT2D eigenvalue weighted by molar-refractivity contribution is 6.31. The van der Waals surface area contributed by atoms with Gasteiger partial charge in [0.05, 0.1) is 0 Å². The molecule has 72 valence electrons. The standard InChI is InChI=1S/C11H16ClN/c1-3-4-8-13-11-7-5-6-10(12)9(11)2/h5-7,13H,3-4,8H2,1-2H3. The predicted octanol–water partition coefficient (Wildman–Crippen LogP) is 3.86. The first-order valence-electron chi connectivity index (χ1n) is 4.74. The number of unbranched alkanes of at least 4 members (excludes halogenated alkanes) is 1. The molecule has 0 heterocycles. The molecular formula is C11H16ClN. The van der Waals surface area contributed by atoms with Gasteiger partial charge >= 0.3 is 0 Å². The predicted molar refractivity (Wildman–Crippen MR) is 59.6 cm³/mol. The summed E-state index contributed by atoms with van der Waals surface area (Å²) in [7, 11) is 0. The number of hydrogen-bond donors (Lipinski definition) is 1. The monoisotopic (exact) mass is 197 g/mol. The van der Waals surface area contributed by atoms with Gasteiger partial charge in [0.1, 0.15) is 0 Å². The van der Waals surface area contributed by atoms with Gasteiger partial charge in [-0.05, 0) is 31.0 Å². The van der Waals surface area contributed by atoms with E-state index in [1.54, 1.807) is 0 Å². The Bertz CT molecular complexity index is 271. The molecule has 0 amide bonds. The first-order valence-corrected chi connectivity index (χ1v) is 5.12. The number of halogens is 1. The van der Waals surface area contributed by atoms with E-state index in [0.29, 0.717) is 0 Å². The van der Waals surface area contributed by atoms with E-state index in [2.05, 4.69) is 18.3 Å². The Labute approximate surface area is 85.1 Å². The normalized spacial score (nSPS) is 10.1. The zero-order valence-corrected chi connectivity index (χ0v) is 8.99.